The normalized spacial score (nSPS) is 18.3. The van der Waals surface area contributed by atoms with Gasteiger partial charge in [-0.05, 0) is 37.3 Å². The summed E-state index contributed by atoms with van der Waals surface area (Å²) in [5.41, 5.74) is 3.29. The van der Waals surface area contributed by atoms with Crippen molar-refractivity contribution < 1.29 is 14.3 Å². The summed E-state index contributed by atoms with van der Waals surface area (Å²) in [5.74, 6) is 1.63. The van der Waals surface area contributed by atoms with Crippen LogP contribution in [0.5, 0.6) is 5.88 Å². The zero-order chi connectivity index (χ0) is 22.7. The van der Waals surface area contributed by atoms with Crippen LogP contribution in [0.15, 0.2) is 30.5 Å². The fraction of sp³-hybridized carbons (Fsp3) is 0.478. The zero-order valence-corrected chi connectivity index (χ0v) is 19.0. The van der Waals surface area contributed by atoms with Gasteiger partial charge in [0.05, 0.1) is 12.3 Å². The number of carbonyl (C=O) groups excluding carboxylic acids is 1. The molecule has 3 aromatic heterocycles. The first kappa shape index (κ1) is 22.0. The van der Waals surface area contributed by atoms with Crippen molar-refractivity contribution >= 4 is 11.7 Å². The van der Waals surface area contributed by atoms with Crippen LogP contribution >= 0.6 is 0 Å². The summed E-state index contributed by atoms with van der Waals surface area (Å²) < 4.78 is 12.9. The highest BCUT2D eigenvalue weighted by molar-refractivity contribution is 6.02. The van der Waals surface area contributed by atoms with E-state index in [1.165, 1.54) is 0 Å². The van der Waals surface area contributed by atoms with E-state index in [9.17, 15) is 4.79 Å². The Kier molecular flexibility index (Phi) is 6.55. The van der Waals surface area contributed by atoms with Gasteiger partial charge in [0.15, 0.2) is 5.82 Å². The van der Waals surface area contributed by atoms with Crippen LogP contribution in [0.2, 0.25) is 0 Å². The molecule has 1 aliphatic carbocycles. The van der Waals surface area contributed by atoms with Crippen molar-refractivity contribution in [2.75, 3.05) is 12.4 Å². The molecule has 0 unspecified atom stereocenters. The molecule has 9 heteroatoms. The Morgan fingerprint density at radius 3 is 2.97 bits per heavy atom. The van der Waals surface area contributed by atoms with E-state index >= 15 is 0 Å². The lowest BCUT2D eigenvalue weighted by atomic mass is 10.0. The molecule has 3 heterocycles. The van der Waals surface area contributed by atoms with Crippen LogP contribution in [0, 0.1) is 0 Å². The topological polar surface area (TPSA) is 107 Å². The maximum atomic E-state index is 12.6. The van der Waals surface area contributed by atoms with Crippen LogP contribution in [0.4, 0.5) is 5.82 Å². The molecule has 0 aliphatic heterocycles. The molecule has 3 aromatic rings. The Morgan fingerprint density at radius 1 is 1.34 bits per heavy atom. The van der Waals surface area contributed by atoms with Gasteiger partial charge < -0.3 is 14.8 Å². The van der Waals surface area contributed by atoms with Crippen molar-refractivity contribution in [3.8, 4) is 5.88 Å². The number of hydrogen-bond acceptors (Lipinski definition) is 6. The molecule has 0 bridgehead atoms. The highest BCUT2D eigenvalue weighted by Gasteiger charge is 2.30. The molecular formula is C23H30N6O3. The number of H-pyrrole nitrogens is 1. The molecule has 2 atom stereocenters. The largest absolute Gasteiger partial charge is 0.474 e. The zero-order valence-electron chi connectivity index (χ0n) is 19.0. The van der Waals surface area contributed by atoms with Crippen molar-refractivity contribution in [3.63, 3.8) is 0 Å². The molecule has 0 aromatic carbocycles. The van der Waals surface area contributed by atoms with Crippen molar-refractivity contribution in [3.05, 3.63) is 53.1 Å². The monoisotopic (exact) mass is 438 g/mol. The summed E-state index contributed by atoms with van der Waals surface area (Å²) >= 11 is 0. The van der Waals surface area contributed by atoms with Crippen LogP contribution in [0.25, 0.3) is 0 Å². The van der Waals surface area contributed by atoms with E-state index < -0.39 is 0 Å². The summed E-state index contributed by atoms with van der Waals surface area (Å²) in [6.45, 7) is 4.65. The number of methoxy groups -OCH3 is 1. The smallest absolute Gasteiger partial charge is 0.275 e. The third-order valence-corrected chi connectivity index (χ3v) is 5.82. The predicted molar refractivity (Wildman–Crippen MR) is 120 cm³/mol. The number of nitrogens with zero attached hydrogens (tertiary/aromatic N) is 4. The molecular weight excluding hydrogens is 408 g/mol. The lowest BCUT2D eigenvalue weighted by Crippen LogP contribution is -2.16. The van der Waals surface area contributed by atoms with Gasteiger partial charge in [0.1, 0.15) is 11.8 Å². The highest BCUT2D eigenvalue weighted by atomic mass is 16.5. The summed E-state index contributed by atoms with van der Waals surface area (Å²) in [7, 11) is 3.33. The van der Waals surface area contributed by atoms with Gasteiger partial charge in [0, 0.05) is 43.6 Å². The van der Waals surface area contributed by atoms with E-state index in [1.807, 2.05) is 12.1 Å². The predicted octanol–water partition coefficient (Wildman–Crippen LogP) is 3.78. The van der Waals surface area contributed by atoms with Crippen LogP contribution in [-0.2, 0) is 18.4 Å². The van der Waals surface area contributed by atoms with Crippen LogP contribution in [0.3, 0.4) is 0 Å². The number of aryl methyl sites for hydroxylation is 1. The molecule has 0 saturated heterocycles. The Balaban J connectivity index is 1.37. The van der Waals surface area contributed by atoms with Gasteiger partial charge in [-0.1, -0.05) is 19.9 Å². The van der Waals surface area contributed by atoms with Gasteiger partial charge in [-0.2, -0.15) is 10.2 Å². The molecule has 170 valence electrons. The van der Waals surface area contributed by atoms with E-state index in [2.05, 4.69) is 45.5 Å². The van der Waals surface area contributed by atoms with Crippen LogP contribution in [0.1, 0.15) is 72.4 Å². The van der Waals surface area contributed by atoms with Gasteiger partial charge in [-0.15, -0.1) is 0 Å². The van der Waals surface area contributed by atoms with Gasteiger partial charge >= 0.3 is 0 Å². The second-order valence-electron chi connectivity index (χ2n) is 8.54. The van der Waals surface area contributed by atoms with E-state index in [4.69, 9.17) is 9.47 Å². The summed E-state index contributed by atoms with van der Waals surface area (Å²) in [6.07, 6.45) is 4.72. The van der Waals surface area contributed by atoms with Crippen molar-refractivity contribution in [2.45, 2.75) is 57.7 Å². The second-order valence-corrected chi connectivity index (χ2v) is 8.54. The quantitative estimate of drug-likeness (QED) is 0.554. The molecule has 1 amide bonds. The lowest BCUT2D eigenvalue weighted by molar-refractivity contribution is 0.101. The Morgan fingerprint density at radius 2 is 2.19 bits per heavy atom. The molecule has 2 N–H and O–H groups in total. The average molecular weight is 439 g/mol. The average Bonchev–Trinajstić information content (AvgIpc) is 3.49. The first-order valence-electron chi connectivity index (χ1n) is 10.9. The number of aromatic amines is 1. The van der Waals surface area contributed by atoms with E-state index in [0.29, 0.717) is 35.6 Å². The van der Waals surface area contributed by atoms with E-state index in [0.717, 1.165) is 36.4 Å². The number of amides is 1. The molecule has 1 saturated carbocycles. The minimum Gasteiger partial charge on any atom is -0.474 e. The van der Waals surface area contributed by atoms with Crippen molar-refractivity contribution in [2.24, 2.45) is 7.05 Å². The molecule has 32 heavy (non-hydrogen) atoms. The third-order valence-electron chi connectivity index (χ3n) is 5.82. The first-order chi connectivity index (χ1) is 15.4. The van der Waals surface area contributed by atoms with E-state index in [1.54, 1.807) is 31.1 Å². The van der Waals surface area contributed by atoms with Crippen molar-refractivity contribution in [1.29, 1.82) is 0 Å². The third kappa shape index (κ3) is 4.83. The van der Waals surface area contributed by atoms with Gasteiger partial charge in [-0.25, -0.2) is 4.98 Å². The van der Waals surface area contributed by atoms with Gasteiger partial charge in [-0.3, -0.25) is 14.6 Å². The second kappa shape index (κ2) is 9.52. The fourth-order valence-corrected chi connectivity index (χ4v) is 4.18. The number of nitrogens with one attached hydrogen (secondary N) is 2. The van der Waals surface area contributed by atoms with Gasteiger partial charge in [0.25, 0.3) is 5.91 Å². The van der Waals surface area contributed by atoms with Crippen molar-refractivity contribution in [1.82, 2.24) is 25.0 Å². The number of rotatable bonds is 8. The molecule has 1 aliphatic rings. The Labute approximate surface area is 187 Å². The Hall–Kier alpha value is -3.20. The highest BCUT2D eigenvalue weighted by Crippen LogP contribution is 2.37. The number of ether oxygens (including phenoxy) is 2. The maximum absolute atomic E-state index is 12.6. The van der Waals surface area contributed by atoms with Crippen LogP contribution in [-0.4, -0.2) is 44.1 Å². The standard InChI is InChI=1S/C23H30N6O3/c1-14(2)18-6-5-9-24-23(18)32-17-8-7-15(10-17)19-12-21(27-26-19)25-22(30)20-11-16(13-31-4)28-29(20)3/h5-6,9,11-12,14-15,17H,7-8,10,13H2,1-4H3,(H2,25,26,27,30)/t15-,17+/m0/s1. The maximum Gasteiger partial charge on any atom is 0.275 e. The summed E-state index contributed by atoms with van der Waals surface area (Å²) in [6, 6.07) is 7.64. The first-order valence-corrected chi connectivity index (χ1v) is 10.9. The minimum atomic E-state index is -0.260. The molecule has 1 fully saturated rings. The number of hydrogen-bond donors (Lipinski definition) is 2. The molecule has 4 rings (SSSR count). The molecule has 9 nitrogen and oxygen atoms in total. The number of aromatic nitrogens is 5. The lowest BCUT2D eigenvalue weighted by Gasteiger charge is -2.17. The number of pyridine rings is 1. The number of carbonyl (C=O) groups is 1. The van der Waals surface area contributed by atoms with Gasteiger partial charge in [0.2, 0.25) is 5.88 Å². The summed E-state index contributed by atoms with van der Waals surface area (Å²) in [5, 5.41) is 14.5. The summed E-state index contributed by atoms with van der Waals surface area (Å²) in [4.78, 5) is 17.1. The van der Waals surface area contributed by atoms with E-state index in [-0.39, 0.29) is 12.0 Å². The number of anilines is 1. The Bertz CT molecular complexity index is 1070. The fourth-order valence-electron chi connectivity index (χ4n) is 4.18. The minimum absolute atomic E-state index is 0.113. The van der Waals surface area contributed by atoms with Crippen LogP contribution < -0.4 is 10.1 Å². The molecule has 0 radical (unpaired) electrons. The SMILES string of the molecule is COCc1cc(C(=O)Nc2cc([C@H]3CC[C@@H](Oc4ncccc4C(C)C)C3)[nH]n2)n(C)n1. The molecule has 0 spiro atoms.